The zero-order valence-electron chi connectivity index (χ0n) is 21.1. The number of nitrogens with one attached hydrogen (secondary N) is 2. The van der Waals surface area contributed by atoms with E-state index in [1.807, 2.05) is 60.7 Å². The van der Waals surface area contributed by atoms with Crippen LogP contribution in [0.5, 0.6) is 5.75 Å². The predicted molar refractivity (Wildman–Crippen MR) is 146 cm³/mol. The largest absolute Gasteiger partial charge is 0.497 e. The number of aromatic nitrogens is 2. The number of nitrogens with zero attached hydrogens (tertiary/aromatic N) is 3. The van der Waals surface area contributed by atoms with Crippen molar-refractivity contribution in [3.8, 4) is 5.75 Å². The molecule has 3 aromatic carbocycles. The molecule has 38 heavy (non-hydrogen) atoms. The Labute approximate surface area is 220 Å². The summed E-state index contributed by atoms with van der Waals surface area (Å²) in [5.74, 6) is 0.437. The normalized spacial score (nSPS) is 16.4. The van der Waals surface area contributed by atoms with Crippen molar-refractivity contribution in [1.82, 2.24) is 14.5 Å². The number of hydrogen-bond acceptors (Lipinski definition) is 8. The standard InChI is InChI=1S/C29H29N5O4/c1-37-21-12-10-20(11-13-21)29(31-24-8-4-5-9-25(24)32-29)26(35)27-30-23-7-3-2-6-22(23)28(36)34(27)15-14-33-16-18-38-19-17-33/h2-13,31-32H,14-19H2,1H3. The van der Waals surface area contributed by atoms with E-state index in [1.165, 1.54) is 4.57 Å². The van der Waals surface area contributed by atoms with Gasteiger partial charge in [-0.25, -0.2) is 4.98 Å². The molecule has 1 saturated heterocycles. The van der Waals surface area contributed by atoms with Gasteiger partial charge in [0.1, 0.15) is 5.75 Å². The van der Waals surface area contributed by atoms with E-state index in [-0.39, 0.29) is 17.2 Å². The molecule has 0 atom stereocenters. The summed E-state index contributed by atoms with van der Waals surface area (Å²) in [6.45, 7) is 3.83. The van der Waals surface area contributed by atoms with Gasteiger partial charge in [-0.1, -0.05) is 36.4 Å². The number of morpholine rings is 1. The van der Waals surface area contributed by atoms with Gasteiger partial charge in [0.2, 0.25) is 11.4 Å². The molecule has 0 aliphatic carbocycles. The smallest absolute Gasteiger partial charge is 0.261 e. The Bertz CT molecular complexity index is 1520. The number of carbonyl (C=O) groups excluding carboxylic acids is 1. The van der Waals surface area contributed by atoms with E-state index in [0.717, 1.165) is 24.5 Å². The van der Waals surface area contributed by atoms with Crippen LogP contribution in [0.3, 0.4) is 0 Å². The van der Waals surface area contributed by atoms with Crippen LogP contribution in [0.1, 0.15) is 16.2 Å². The first kappa shape index (κ1) is 24.1. The first-order chi connectivity index (χ1) is 18.6. The fourth-order valence-corrected chi connectivity index (χ4v) is 5.15. The van der Waals surface area contributed by atoms with Crippen LogP contribution in [0.2, 0.25) is 0 Å². The third kappa shape index (κ3) is 4.19. The Morgan fingerprint density at radius 1 is 0.947 bits per heavy atom. The van der Waals surface area contributed by atoms with Crippen molar-refractivity contribution in [2.24, 2.45) is 0 Å². The maximum absolute atomic E-state index is 14.6. The van der Waals surface area contributed by atoms with E-state index in [2.05, 4.69) is 15.5 Å². The van der Waals surface area contributed by atoms with Crippen LogP contribution in [0.15, 0.2) is 77.6 Å². The monoisotopic (exact) mass is 511 g/mol. The molecule has 9 heteroatoms. The summed E-state index contributed by atoms with van der Waals surface area (Å²) in [6, 6.07) is 22.1. The fraction of sp³-hybridized carbons (Fsp3) is 0.276. The van der Waals surface area contributed by atoms with E-state index in [1.54, 1.807) is 19.2 Å². The van der Waals surface area contributed by atoms with Crippen LogP contribution >= 0.6 is 0 Å². The number of para-hydroxylation sites is 3. The van der Waals surface area contributed by atoms with Gasteiger partial charge in [0.05, 0.1) is 42.6 Å². The number of ether oxygens (including phenoxy) is 2. The van der Waals surface area contributed by atoms with Crippen molar-refractivity contribution in [2.45, 2.75) is 12.2 Å². The maximum atomic E-state index is 14.6. The molecule has 0 bridgehead atoms. The molecule has 2 aliphatic rings. The van der Waals surface area contributed by atoms with Crippen LogP contribution in [0.25, 0.3) is 10.9 Å². The molecule has 2 aliphatic heterocycles. The van der Waals surface area contributed by atoms with Crippen molar-refractivity contribution < 1.29 is 14.3 Å². The minimum Gasteiger partial charge on any atom is -0.497 e. The molecule has 3 heterocycles. The molecule has 6 rings (SSSR count). The molecule has 0 saturated carbocycles. The van der Waals surface area contributed by atoms with E-state index in [9.17, 15) is 9.59 Å². The van der Waals surface area contributed by atoms with Gasteiger partial charge >= 0.3 is 0 Å². The molecular weight excluding hydrogens is 482 g/mol. The lowest BCUT2D eigenvalue weighted by Gasteiger charge is -2.31. The lowest BCUT2D eigenvalue weighted by Crippen LogP contribution is -2.49. The minimum atomic E-state index is -1.36. The van der Waals surface area contributed by atoms with Gasteiger partial charge in [-0.2, -0.15) is 0 Å². The lowest BCUT2D eigenvalue weighted by molar-refractivity contribution is 0.0361. The number of carbonyl (C=O) groups is 1. The molecule has 0 radical (unpaired) electrons. The molecule has 0 amide bonds. The van der Waals surface area contributed by atoms with Crippen LogP contribution in [0.4, 0.5) is 11.4 Å². The summed E-state index contributed by atoms with van der Waals surface area (Å²) in [6.07, 6.45) is 0. The Morgan fingerprint density at radius 3 is 2.29 bits per heavy atom. The van der Waals surface area contributed by atoms with E-state index in [0.29, 0.717) is 48.5 Å². The van der Waals surface area contributed by atoms with E-state index >= 15 is 0 Å². The highest BCUT2D eigenvalue weighted by molar-refractivity contribution is 6.08. The van der Waals surface area contributed by atoms with Crippen LogP contribution in [-0.4, -0.2) is 60.2 Å². The number of hydrogen-bond donors (Lipinski definition) is 2. The Hall–Kier alpha value is -4.21. The van der Waals surface area contributed by atoms with Crippen LogP contribution < -0.4 is 20.9 Å². The Kier molecular flexibility index (Phi) is 6.30. The predicted octanol–water partition coefficient (Wildman–Crippen LogP) is 3.31. The summed E-state index contributed by atoms with van der Waals surface area (Å²) in [5, 5.41) is 7.32. The number of ketones is 1. The summed E-state index contributed by atoms with van der Waals surface area (Å²) >= 11 is 0. The lowest BCUT2D eigenvalue weighted by atomic mass is 9.94. The van der Waals surface area contributed by atoms with Gasteiger partial charge in [-0.3, -0.25) is 19.1 Å². The van der Waals surface area contributed by atoms with Gasteiger partial charge in [0.25, 0.3) is 5.56 Å². The SMILES string of the molecule is COc1ccc(C2(C(=O)c3nc4ccccc4c(=O)n3CCN3CCOCC3)Nc3ccccc3N2)cc1. The van der Waals surface area contributed by atoms with Gasteiger partial charge in [0.15, 0.2) is 5.82 Å². The molecule has 1 fully saturated rings. The zero-order valence-corrected chi connectivity index (χ0v) is 21.1. The van der Waals surface area contributed by atoms with Crippen LogP contribution in [-0.2, 0) is 16.9 Å². The van der Waals surface area contributed by atoms with Gasteiger partial charge < -0.3 is 20.1 Å². The second-order valence-corrected chi connectivity index (χ2v) is 9.47. The quantitative estimate of drug-likeness (QED) is 0.365. The highest BCUT2D eigenvalue weighted by Crippen LogP contribution is 2.41. The fourth-order valence-electron chi connectivity index (χ4n) is 5.15. The third-order valence-corrected chi connectivity index (χ3v) is 7.24. The molecule has 1 aromatic heterocycles. The maximum Gasteiger partial charge on any atom is 0.261 e. The highest BCUT2D eigenvalue weighted by atomic mass is 16.5. The number of fused-ring (bicyclic) bond motifs is 2. The Morgan fingerprint density at radius 2 is 1.61 bits per heavy atom. The molecule has 4 aromatic rings. The summed E-state index contributed by atoms with van der Waals surface area (Å²) in [4.78, 5) is 35.4. The number of rotatable bonds is 7. The van der Waals surface area contributed by atoms with Crippen LogP contribution in [0, 0.1) is 0 Å². The Balaban J connectivity index is 1.48. The zero-order chi connectivity index (χ0) is 26.1. The summed E-state index contributed by atoms with van der Waals surface area (Å²) in [5.41, 5.74) is 1.16. The second kappa shape index (κ2) is 9.92. The first-order valence-electron chi connectivity index (χ1n) is 12.7. The van der Waals surface area contributed by atoms with E-state index < -0.39 is 5.66 Å². The molecular formula is C29H29N5O4. The van der Waals surface area contributed by atoms with Crippen molar-refractivity contribution in [2.75, 3.05) is 50.6 Å². The topological polar surface area (TPSA) is 97.7 Å². The van der Waals surface area contributed by atoms with E-state index in [4.69, 9.17) is 14.5 Å². The molecule has 194 valence electrons. The average molecular weight is 512 g/mol. The number of methoxy groups -OCH3 is 1. The molecule has 0 spiro atoms. The average Bonchev–Trinajstić information content (AvgIpc) is 3.38. The highest BCUT2D eigenvalue weighted by Gasteiger charge is 2.47. The second-order valence-electron chi connectivity index (χ2n) is 9.47. The van der Waals surface area contributed by atoms with Gasteiger partial charge in [-0.05, 0) is 36.4 Å². The first-order valence-corrected chi connectivity index (χ1v) is 12.7. The molecule has 0 unspecified atom stereocenters. The number of benzene rings is 3. The molecule has 2 N–H and O–H groups in total. The van der Waals surface area contributed by atoms with Gasteiger partial charge in [-0.15, -0.1) is 0 Å². The van der Waals surface area contributed by atoms with Gasteiger partial charge in [0, 0.05) is 31.7 Å². The number of anilines is 2. The number of Topliss-reactive ketones (excluding diaryl/α,β-unsaturated/α-hetero) is 1. The summed E-state index contributed by atoms with van der Waals surface area (Å²) in [7, 11) is 1.60. The summed E-state index contributed by atoms with van der Waals surface area (Å²) < 4.78 is 12.3. The van der Waals surface area contributed by atoms with Crippen molar-refractivity contribution in [1.29, 1.82) is 0 Å². The minimum absolute atomic E-state index is 0.102. The molecule has 9 nitrogen and oxygen atoms in total. The van der Waals surface area contributed by atoms with Crippen molar-refractivity contribution in [3.05, 3.63) is 94.5 Å². The third-order valence-electron chi connectivity index (χ3n) is 7.24. The van der Waals surface area contributed by atoms with Crippen molar-refractivity contribution in [3.63, 3.8) is 0 Å². The van der Waals surface area contributed by atoms with Crippen molar-refractivity contribution >= 4 is 28.1 Å².